The summed E-state index contributed by atoms with van der Waals surface area (Å²) in [6.07, 6.45) is 1.65. The van der Waals surface area contributed by atoms with Crippen molar-refractivity contribution in [2.45, 2.75) is 19.5 Å². The number of furan rings is 1. The molecule has 0 amide bonds. The lowest BCUT2D eigenvalue weighted by Gasteiger charge is -2.12. The molecule has 1 aromatic carbocycles. The van der Waals surface area contributed by atoms with Crippen LogP contribution in [-0.2, 0) is 6.54 Å². The number of phenols is 1. The summed E-state index contributed by atoms with van der Waals surface area (Å²) >= 11 is 0. The summed E-state index contributed by atoms with van der Waals surface area (Å²) in [5, 5.41) is 13.1. The Balaban J connectivity index is 1.98. The van der Waals surface area contributed by atoms with Crippen LogP contribution < -0.4 is 10.1 Å². The quantitative estimate of drug-likeness (QED) is 0.853. The van der Waals surface area contributed by atoms with Gasteiger partial charge in [-0.3, -0.25) is 0 Å². The first-order valence-corrected chi connectivity index (χ1v) is 5.83. The fourth-order valence-corrected chi connectivity index (χ4v) is 1.72. The van der Waals surface area contributed by atoms with Gasteiger partial charge in [0, 0.05) is 18.2 Å². The molecule has 18 heavy (non-hydrogen) atoms. The molecule has 0 aliphatic heterocycles. The number of benzene rings is 1. The van der Waals surface area contributed by atoms with Crippen molar-refractivity contribution in [3.63, 3.8) is 0 Å². The van der Waals surface area contributed by atoms with Crippen LogP contribution in [0.5, 0.6) is 11.5 Å². The molecule has 2 N–H and O–H groups in total. The second kappa shape index (κ2) is 5.60. The van der Waals surface area contributed by atoms with E-state index >= 15 is 0 Å². The molecule has 1 aromatic heterocycles. The summed E-state index contributed by atoms with van der Waals surface area (Å²) in [7, 11) is 1.58. The molecule has 96 valence electrons. The Kier molecular flexibility index (Phi) is 3.89. The fraction of sp³-hybridized carbons (Fsp3) is 0.286. The second-order valence-corrected chi connectivity index (χ2v) is 4.11. The van der Waals surface area contributed by atoms with Gasteiger partial charge in [0.1, 0.15) is 17.3 Å². The van der Waals surface area contributed by atoms with Gasteiger partial charge in [0.25, 0.3) is 0 Å². The lowest BCUT2D eigenvalue weighted by Crippen LogP contribution is -2.17. The van der Waals surface area contributed by atoms with Gasteiger partial charge in [-0.1, -0.05) is 6.07 Å². The number of phenolic OH excluding ortho intramolecular Hbond substituents is 1. The van der Waals surface area contributed by atoms with Gasteiger partial charge in [-0.15, -0.1) is 0 Å². The maximum atomic E-state index is 9.82. The molecule has 4 heteroatoms. The van der Waals surface area contributed by atoms with E-state index in [9.17, 15) is 5.11 Å². The van der Waals surface area contributed by atoms with Crippen molar-refractivity contribution >= 4 is 0 Å². The number of ether oxygens (including phenoxy) is 1. The first-order valence-electron chi connectivity index (χ1n) is 5.83. The third-order valence-corrected chi connectivity index (χ3v) is 2.86. The van der Waals surface area contributed by atoms with Crippen LogP contribution in [0.4, 0.5) is 0 Å². The Hall–Kier alpha value is -1.94. The molecular formula is C14H17NO3. The third-order valence-electron chi connectivity index (χ3n) is 2.86. The van der Waals surface area contributed by atoms with Gasteiger partial charge in [0.2, 0.25) is 0 Å². The van der Waals surface area contributed by atoms with Gasteiger partial charge in [-0.2, -0.15) is 0 Å². The average Bonchev–Trinajstić information content (AvgIpc) is 2.90. The largest absolute Gasteiger partial charge is 0.507 e. The summed E-state index contributed by atoms with van der Waals surface area (Å²) in [6.45, 7) is 2.58. The molecule has 2 aromatic rings. The minimum Gasteiger partial charge on any atom is -0.507 e. The molecule has 0 aliphatic carbocycles. The lowest BCUT2D eigenvalue weighted by atomic mass is 10.1. The minimum absolute atomic E-state index is 0.0986. The van der Waals surface area contributed by atoms with E-state index in [1.54, 1.807) is 19.4 Å². The van der Waals surface area contributed by atoms with E-state index in [-0.39, 0.29) is 11.8 Å². The van der Waals surface area contributed by atoms with E-state index in [0.717, 1.165) is 11.3 Å². The Bertz CT molecular complexity index is 494. The van der Waals surface area contributed by atoms with Gasteiger partial charge in [0.15, 0.2) is 0 Å². The Morgan fingerprint density at radius 1 is 1.39 bits per heavy atom. The number of hydrogen-bond acceptors (Lipinski definition) is 4. The van der Waals surface area contributed by atoms with Crippen molar-refractivity contribution < 1.29 is 14.3 Å². The number of aromatic hydroxyl groups is 1. The molecule has 0 saturated carbocycles. The topological polar surface area (TPSA) is 54.6 Å². The van der Waals surface area contributed by atoms with E-state index in [2.05, 4.69) is 5.32 Å². The summed E-state index contributed by atoms with van der Waals surface area (Å²) in [5.41, 5.74) is 0.828. The number of rotatable bonds is 5. The first kappa shape index (κ1) is 12.5. The van der Waals surface area contributed by atoms with Gasteiger partial charge >= 0.3 is 0 Å². The van der Waals surface area contributed by atoms with Crippen molar-refractivity contribution in [1.82, 2.24) is 5.32 Å². The molecule has 0 aliphatic rings. The van der Waals surface area contributed by atoms with Crippen LogP contribution in [0.2, 0.25) is 0 Å². The van der Waals surface area contributed by atoms with Gasteiger partial charge in [-0.05, 0) is 25.1 Å². The lowest BCUT2D eigenvalue weighted by molar-refractivity contribution is 0.402. The molecule has 2 rings (SSSR count). The Morgan fingerprint density at radius 3 is 2.83 bits per heavy atom. The summed E-state index contributed by atoms with van der Waals surface area (Å²) in [5.74, 6) is 1.76. The standard InChI is InChI=1S/C14H17NO3/c1-10(14-4-3-7-18-14)15-9-11-5-6-12(17-2)8-13(11)16/h3-8,10,15-16H,9H2,1-2H3/t10-/m1/s1. The van der Waals surface area contributed by atoms with E-state index in [0.29, 0.717) is 12.3 Å². The highest BCUT2D eigenvalue weighted by Gasteiger charge is 2.09. The van der Waals surface area contributed by atoms with E-state index in [4.69, 9.17) is 9.15 Å². The normalized spacial score (nSPS) is 12.3. The van der Waals surface area contributed by atoms with Crippen LogP contribution in [0, 0.1) is 0 Å². The van der Waals surface area contributed by atoms with Crippen molar-refractivity contribution in [3.8, 4) is 11.5 Å². The van der Waals surface area contributed by atoms with Crippen molar-refractivity contribution in [3.05, 3.63) is 47.9 Å². The molecular weight excluding hydrogens is 230 g/mol. The summed E-state index contributed by atoms with van der Waals surface area (Å²) in [6, 6.07) is 9.16. The maximum absolute atomic E-state index is 9.82. The Morgan fingerprint density at radius 2 is 2.22 bits per heavy atom. The predicted octanol–water partition coefficient (Wildman–Crippen LogP) is 2.84. The van der Waals surface area contributed by atoms with Crippen LogP contribution in [0.3, 0.4) is 0 Å². The Labute approximate surface area is 106 Å². The highest BCUT2D eigenvalue weighted by molar-refractivity contribution is 5.39. The highest BCUT2D eigenvalue weighted by Crippen LogP contribution is 2.24. The zero-order chi connectivity index (χ0) is 13.0. The third kappa shape index (κ3) is 2.84. The van der Waals surface area contributed by atoms with E-state index in [1.807, 2.05) is 31.2 Å². The number of hydrogen-bond donors (Lipinski definition) is 2. The number of methoxy groups -OCH3 is 1. The van der Waals surface area contributed by atoms with Crippen LogP contribution in [0.25, 0.3) is 0 Å². The maximum Gasteiger partial charge on any atom is 0.123 e. The zero-order valence-corrected chi connectivity index (χ0v) is 10.5. The fourth-order valence-electron chi connectivity index (χ4n) is 1.72. The summed E-state index contributed by atoms with van der Waals surface area (Å²) < 4.78 is 10.3. The number of nitrogens with one attached hydrogen (secondary N) is 1. The van der Waals surface area contributed by atoms with Crippen LogP contribution in [0.15, 0.2) is 41.0 Å². The molecule has 0 unspecified atom stereocenters. The van der Waals surface area contributed by atoms with Crippen molar-refractivity contribution in [2.24, 2.45) is 0 Å². The molecule has 0 saturated heterocycles. The average molecular weight is 247 g/mol. The van der Waals surface area contributed by atoms with Gasteiger partial charge in [0.05, 0.1) is 19.4 Å². The predicted molar refractivity (Wildman–Crippen MR) is 68.6 cm³/mol. The molecule has 0 radical (unpaired) electrons. The zero-order valence-electron chi connectivity index (χ0n) is 10.5. The smallest absolute Gasteiger partial charge is 0.123 e. The van der Waals surface area contributed by atoms with Crippen molar-refractivity contribution in [1.29, 1.82) is 0 Å². The van der Waals surface area contributed by atoms with E-state index < -0.39 is 0 Å². The monoisotopic (exact) mass is 247 g/mol. The molecule has 1 atom stereocenters. The van der Waals surface area contributed by atoms with Gasteiger partial charge in [-0.25, -0.2) is 0 Å². The second-order valence-electron chi connectivity index (χ2n) is 4.11. The minimum atomic E-state index is 0.0986. The molecule has 0 bridgehead atoms. The van der Waals surface area contributed by atoms with Crippen LogP contribution in [-0.4, -0.2) is 12.2 Å². The van der Waals surface area contributed by atoms with Gasteiger partial charge < -0.3 is 19.6 Å². The summed E-state index contributed by atoms with van der Waals surface area (Å²) in [4.78, 5) is 0. The van der Waals surface area contributed by atoms with Crippen LogP contribution >= 0.6 is 0 Å². The molecule has 0 spiro atoms. The molecule has 1 heterocycles. The van der Waals surface area contributed by atoms with Crippen molar-refractivity contribution in [2.75, 3.05) is 7.11 Å². The van der Waals surface area contributed by atoms with Crippen LogP contribution in [0.1, 0.15) is 24.3 Å². The van der Waals surface area contributed by atoms with E-state index in [1.165, 1.54) is 0 Å². The SMILES string of the molecule is COc1ccc(CN[C@H](C)c2ccco2)c(O)c1. The molecule has 4 nitrogen and oxygen atoms in total. The highest BCUT2D eigenvalue weighted by atomic mass is 16.5. The molecule has 0 fully saturated rings. The first-order chi connectivity index (χ1) is 8.70.